The highest BCUT2D eigenvalue weighted by atomic mass is 19.1. The summed E-state index contributed by atoms with van der Waals surface area (Å²) in [7, 11) is 0. The minimum atomic E-state index is -0.272. The average molecular weight is 278 g/mol. The van der Waals surface area contributed by atoms with Crippen LogP contribution in [-0.4, -0.2) is 5.78 Å². The van der Waals surface area contributed by atoms with E-state index in [0.717, 1.165) is 18.4 Å². The van der Waals surface area contributed by atoms with Crippen molar-refractivity contribution in [2.24, 2.45) is 0 Å². The first kappa shape index (κ1) is 16.9. The van der Waals surface area contributed by atoms with E-state index in [0.29, 0.717) is 12.0 Å². The number of rotatable bonds is 10. The lowest BCUT2D eigenvalue weighted by Crippen LogP contribution is -2.02. The van der Waals surface area contributed by atoms with Crippen LogP contribution in [-0.2, 0) is 0 Å². The highest BCUT2D eigenvalue weighted by molar-refractivity contribution is 5.97. The molecule has 0 unspecified atom stereocenters. The molecule has 1 aromatic carbocycles. The Balaban J connectivity index is 2.17. The van der Waals surface area contributed by atoms with Crippen LogP contribution >= 0.6 is 0 Å². The first-order chi connectivity index (χ1) is 9.65. The third kappa shape index (κ3) is 6.31. The van der Waals surface area contributed by atoms with Gasteiger partial charge in [0, 0.05) is 12.0 Å². The lowest BCUT2D eigenvalue weighted by molar-refractivity contribution is 0.0978. The highest BCUT2D eigenvalue weighted by Crippen LogP contribution is 2.15. The van der Waals surface area contributed by atoms with Gasteiger partial charge in [-0.1, -0.05) is 51.9 Å². The predicted molar refractivity (Wildman–Crippen MR) is 82.7 cm³/mol. The molecule has 0 aliphatic carbocycles. The topological polar surface area (TPSA) is 17.1 Å². The molecular weight excluding hydrogens is 251 g/mol. The summed E-state index contributed by atoms with van der Waals surface area (Å²) in [6.45, 7) is 4.02. The number of aryl methyl sites for hydroxylation is 1. The van der Waals surface area contributed by atoms with Gasteiger partial charge in [0.05, 0.1) is 0 Å². The van der Waals surface area contributed by atoms with Gasteiger partial charge in [-0.3, -0.25) is 4.79 Å². The maximum Gasteiger partial charge on any atom is 0.163 e. The summed E-state index contributed by atoms with van der Waals surface area (Å²) < 4.78 is 13.0. The van der Waals surface area contributed by atoms with Gasteiger partial charge < -0.3 is 0 Å². The molecule has 112 valence electrons. The molecule has 0 saturated carbocycles. The van der Waals surface area contributed by atoms with Crippen LogP contribution in [0.15, 0.2) is 18.2 Å². The predicted octanol–water partition coefficient (Wildman–Crippen LogP) is 5.85. The van der Waals surface area contributed by atoms with Gasteiger partial charge in [0.15, 0.2) is 5.78 Å². The normalized spacial score (nSPS) is 10.8. The number of unbranched alkanes of at least 4 members (excludes halogenated alkanes) is 7. The van der Waals surface area contributed by atoms with E-state index >= 15 is 0 Å². The number of hydrogen-bond acceptors (Lipinski definition) is 1. The molecule has 0 amide bonds. The Hall–Kier alpha value is -1.18. The van der Waals surface area contributed by atoms with Crippen LogP contribution in [0.4, 0.5) is 4.39 Å². The molecule has 0 radical (unpaired) electrons. The van der Waals surface area contributed by atoms with Crippen LogP contribution in [0.2, 0.25) is 0 Å². The van der Waals surface area contributed by atoms with E-state index in [1.165, 1.54) is 50.7 Å². The second-order valence-electron chi connectivity index (χ2n) is 5.61. The Morgan fingerprint density at radius 3 is 2.20 bits per heavy atom. The minimum Gasteiger partial charge on any atom is -0.294 e. The van der Waals surface area contributed by atoms with E-state index in [4.69, 9.17) is 0 Å². The smallest absolute Gasteiger partial charge is 0.163 e. The van der Waals surface area contributed by atoms with Crippen LogP contribution < -0.4 is 0 Å². The molecule has 0 N–H and O–H groups in total. The Morgan fingerprint density at radius 1 is 1.00 bits per heavy atom. The zero-order valence-corrected chi connectivity index (χ0v) is 12.9. The molecule has 0 spiro atoms. The molecule has 2 heteroatoms. The minimum absolute atomic E-state index is 0.147. The van der Waals surface area contributed by atoms with E-state index in [1.807, 2.05) is 0 Å². The molecule has 1 aromatic rings. The fourth-order valence-corrected chi connectivity index (χ4v) is 2.49. The SMILES string of the molecule is CCCCCCCCCCC(=O)c1ccc(F)cc1C. The summed E-state index contributed by atoms with van der Waals surface area (Å²) in [5, 5.41) is 0. The third-order valence-electron chi connectivity index (χ3n) is 3.75. The molecule has 20 heavy (non-hydrogen) atoms. The van der Waals surface area contributed by atoms with Crippen LogP contribution in [0.5, 0.6) is 0 Å². The van der Waals surface area contributed by atoms with Crippen molar-refractivity contribution in [1.29, 1.82) is 0 Å². The van der Waals surface area contributed by atoms with Crippen molar-refractivity contribution in [2.45, 2.75) is 71.6 Å². The summed E-state index contributed by atoms with van der Waals surface area (Å²) >= 11 is 0. The van der Waals surface area contributed by atoms with Crippen molar-refractivity contribution in [1.82, 2.24) is 0 Å². The van der Waals surface area contributed by atoms with Gasteiger partial charge >= 0.3 is 0 Å². The van der Waals surface area contributed by atoms with Crippen LogP contribution in [0.25, 0.3) is 0 Å². The van der Waals surface area contributed by atoms with E-state index in [-0.39, 0.29) is 11.6 Å². The lowest BCUT2D eigenvalue weighted by Gasteiger charge is -2.05. The Bertz CT molecular complexity index is 412. The van der Waals surface area contributed by atoms with E-state index in [9.17, 15) is 9.18 Å². The van der Waals surface area contributed by atoms with Crippen molar-refractivity contribution in [2.75, 3.05) is 0 Å². The molecule has 1 rings (SSSR count). The van der Waals surface area contributed by atoms with Crippen molar-refractivity contribution in [3.8, 4) is 0 Å². The Labute approximate surface area is 122 Å². The maximum absolute atomic E-state index is 13.0. The molecule has 0 aromatic heterocycles. The van der Waals surface area contributed by atoms with Gasteiger partial charge in [-0.2, -0.15) is 0 Å². The maximum atomic E-state index is 13.0. The van der Waals surface area contributed by atoms with Gasteiger partial charge in [-0.15, -0.1) is 0 Å². The summed E-state index contributed by atoms with van der Waals surface area (Å²) in [5.41, 5.74) is 1.42. The average Bonchev–Trinajstić information content (AvgIpc) is 2.41. The number of benzene rings is 1. The third-order valence-corrected chi connectivity index (χ3v) is 3.75. The molecular formula is C18H27FO. The molecule has 1 nitrogen and oxygen atoms in total. The van der Waals surface area contributed by atoms with Gasteiger partial charge in [0.2, 0.25) is 0 Å². The first-order valence-electron chi connectivity index (χ1n) is 7.94. The van der Waals surface area contributed by atoms with Gasteiger partial charge in [-0.05, 0) is 37.1 Å². The zero-order chi connectivity index (χ0) is 14.8. The van der Waals surface area contributed by atoms with Crippen LogP contribution in [0, 0.1) is 12.7 Å². The van der Waals surface area contributed by atoms with Crippen molar-refractivity contribution >= 4 is 5.78 Å². The lowest BCUT2D eigenvalue weighted by atomic mass is 9.99. The second kappa shape index (κ2) is 9.68. The van der Waals surface area contributed by atoms with Crippen molar-refractivity contribution in [3.63, 3.8) is 0 Å². The highest BCUT2D eigenvalue weighted by Gasteiger charge is 2.09. The molecule has 0 aliphatic rings. The van der Waals surface area contributed by atoms with E-state index in [1.54, 1.807) is 13.0 Å². The van der Waals surface area contributed by atoms with Gasteiger partial charge in [-0.25, -0.2) is 4.39 Å². The zero-order valence-electron chi connectivity index (χ0n) is 12.9. The number of hydrogen-bond donors (Lipinski definition) is 0. The van der Waals surface area contributed by atoms with Crippen molar-refractivity contribution < 1.29 is 9.18 Å². The second-order valence-corrected chi connectivity index (χ2v) is 5.61. The number of carbonyl (C=O) groups is 1. The van der Waals surface area contributed by atoms with Gasteiger partial charge in [0.25, 0.3) is 0 Å². The monoisotopic (exact) mass is 278 g/mol. The summed E-state index contributed by atoms with van der Waals surface area (Å²) in [5.74, 6) is -0.125. The summed E-state index contributed by atoms with van der Waals surface area (Å²) in [6.07, 6.45) is 10.4. The molecule has 0 heterocycles. The Kier molecular flexibility index (Phi) is 8.17. The van der Waals surface area contributed by atoms with Gasteiger partial charge in [0.1, 0.15) is 5.82 Å². The van der Waals surface area contributed by atoms with E-state index < -0.39 is 0 Å². The fraction of sp³-hybridized carbons (Fsp3) is 0.611. The Morgan fingerprint density at radius 2 is 1.60 bits per heavy atom. The van der Waals surface area contributed by atoms with Crippen LogP contribution in [0.3, 0.4) is 0 Å². The molecule has 0 bridgehead atoms. The number of Topliss-reactive ketones (excluding diaryl/α,β-unsaturated/α-hetero) is 1. The van der Waals surface area contributed by atoms with Crippen molar-refractivity contribution in [3.05, 3.63) is 35.1 Å². The van der Waals surface area contributed by atoms with E-state index in [2.05, 4.69) is 6.92 Å². The molecule has 0 saturated heterocycles. The molecule has 0 fully saturated rings. The quantitative estimate of drug-likeness (QED) is 0.387. The molecule has 0 atom stereocenters. The largest absolute Gasteiger partial charge is 0.294 e. The number of halogens is 1. The van der Waals surface area contributed by atoms with Crippen LogP contribution in [0.1, 0.15) is 80.6 Å². The summed E-state index contributed by atoms with van der Waals surface area (Å²) in [6, 6.07) is 4.41. The standard InChI is InChI=1S/C18H27FO/c1-3-4-5-6-7-8-9-10-11-18(20)17-13-12-16(19)14-15(17)2/h12-14H,3-11H2,1-2H3. The first-order valence-corrected chi connectivity index (χ1v) is 7.94. The summed E-state index contributed by atoms with van der Waals surface area (Å²) in [4.78, 5) is 12.0. The fourth-order valence-electron chi connectivity index (χ4n) is 2.49. The number of carbonyl (C=O) groups excluding carboxylic acids is 1. The molecule has 0 aliphatic heterocycles. The number of ketones is 1.